The highest BCUT2D eigenvalue weighted by molar-refractivity contribution is 7.92. The normalized spacial score (nSPS) is 11.2. The van der Waals surface area contributed by atoms with Gasteiger partial charge in [0.1, 0.15) is 10.7 Å². The van der Waals surface area contributed by atoms with E-state index in [0.717, 1.165) is 0 Å². The third kappa shape index (κ3) is 2.44. The number of para-hydroxylation sites is 1. The number of benzene rings is 1. The maximum atomic E-state index is 12.1. The van der Waals surface area contributed by atoms with Crippen molar-refractivity contribution in [3.05, 3.63) is 36.1 Å². The van der Waals surface area contributed by atoms with E-state index < -0.39 is 10.0 Å². The summed E-state index contributed by atoms with van der Waals surface area (Å²) < 4.78 is 31.3. The number of hydrazine groups is 1. The van der Waals surface area contributed by atoms with Gasteiger partial charge in [0, 0.05) is 6.07 Å². The minimum Gasteiger partial charge on any atom is -0.360 e. The predicted octanol–water partition coefficient (Wildman–Crippen LogP) is 1.07. The van der Waals surface area contributed by atoms with E-state index in [9.17, 15) is 8.42 Å². The first-order chi connectivity index (χ1) is 8.53. The van der Waals surface area contributed by atoms with Crippen LogP contribution < -0.4 is 16.0 Å². The van der Waals surface area contributed by atoms with Gasteiger partial charge in [-0.2, -0.15) is 0 Å². The molecule has 18 heavy (non-hydrogen) atoms. The first-order valence-electron chi connectivity index (χ1n) is 5.05. The second-order valence-corrected chi connectivity index (χ2v) is 5.22. The molecule has 0 aliphatic carbocycles. The van der Waals surface area contributed by atoms with Crippen molar-refractivity contribution in [1.82, 2.24) is 5.16 Å². The fourth-order valence-electron chi connectivity index (χ4n) is 1.43. The fourth-order valence-corrected chi connectivity index (χ4v) is 2.58. The van der Waals surface area contributed by atoms with Gasteiger partial charge in [0.25, 0.3) is 10.0 Å². The number of hydrogen-bond donors (Lipinski definition) is 3. The van der Waals surface area contributed by atoms with E-state index in [0.29, 0.717) is 11.4 Å². The van der Waals surface area contributed by atoms with E-state index in [-0.39, 0.29) is 10.7 Å². The first kappa shape index (κ1) is 12.4. The molecule has 0 aliphatic heterocycles. The highest BCUT2D eigenvalue weighted by Gasteiger charge is 2.19. The topological polar surface area (TPSA) is 110 Å². The van der Waals surface area contributed by atoms with Crippen LogP contribution in [0.15, 0.2) is 39.8 Å². The van der Waals surface area contributed by atoms with E-state index in [1.807, 2.05) is 0 Å². The summed E-state index contributed by atoms with van der Waals surface area (Å²) in [6.45, 7) is 1.67. The Bertz CT molecular complexity index is 651. The molecule has 0 saturated carbocycles. The van der Waals surface area contributed by atoms with Crippen LogP contribution in [0.1, 0.15) is 5.76 Å². The van der Waals surface area contributed by atoms with E-state index in [1.54, 1.807) is 25.1 Å². The lowest BCUT2D eigenvalue weighted by Crippen LogP contribution is -2.17. The molecule has 2 rings (SSSR count). The number of nitrogen functional groups attached to an aromatic ring is 1. The lowest BCUT2D eigenvalue weighted by molar-refractivity contribution is 0.400. The Kier molecular flexibility index (Phi) is 3.21. The van der Waals surface area contributed by atoms with Crippen LogP contribution in [0.25, 0.3) is 0 Å². The lowest BCUT2D eigenvalue weighted by atomic mass is 10.3. The quantitative estimate of drug-likeness (QED) is 0.565. The van der Waals surface area contributed by atoms with E-state index >= 15 is 0 Å². The molecule has 0 bridgehead atoms. The summed E-state index contributed by atoms with van der Waals surface area (Å²) in [5.74, 6) is 5.90. The molecule has 96 valence electrons. The maximum absolute atomic E-state index is 12.1. The van der Waals surface area contributed by atoms with E-state index in [1.165, 1.54) is 12.1 Å². The van der Waals surface area contributed by atoms with Crippen molar-refractivity contribution in [1.29, 1.82) is 0 Å². The third-order valence-electron chi connectivity index (χ3n) is 2.20. The fraction of sp³-hybridized carbons (Fsp3) is 0.100. The molecule has 2 aromatic rings. The van der Waals surface area contributed by atoms with Gasteiger partial charge >= 0.3 is 0 Å². The average molecular weight is 268 g/mol. The molecule has 0 radical (unpaired) electrons. The number of rotatable bonds is 4. The SMILES string of the molecule is Cc1cc(NS(=O)(=O)c2ccccc2NN)no1. The average Bonchev–Trinajstić information content (AvgIpc) is 2.74. The van der Waals surface area contributed by atoms with Crippen molar-refractivity contribution in [3.8, 4) is 0 Å². The first-order valence-corrected chi connectivity index (χ1v) is 6.53. The van der Waals surface area contributed by atoms with Gasteiger partial charge < -0.3 is 9.95 Å². The summed E-state index contributed by atoms with van der Waals surface area (Å²) in [6, 6.07) is 7.75. The van der Waals surface area contributed by atoms with Gasteiger partial charge in [0.05, 0.1) is 5.69 Å². The zero-order chi connectivity index (χ0) is 13.2. The molecular weight excluding hydrogens is 256 g/mol. The molecule has 0 unspecified atom stereocenters. The second kappa shape index (κ2) is 4.67. The summed E-state index contributed by atoms with van der Waals surface area (Å²) in [7, 11) is -3.76. The van der Waals surface area contributed by atoms with Crippen molar-refractivity contribution in [2.24, 2.45) is 5.84 Å². The number of nitrogens with two attached hydrogens (primary N) is 1. The number of hydrogen-bond acceptors (Lipinski definition) is 6. The minimum absolute atomic E-state index is 0.0353. The number of nitrogens with zero attached hydrogens (tertiary/aromatic N) is 1. The molecule has 1 aromatic carbocycles. The highest BCUT2D eigenvalue weighted by atomic mass is 32.2. The highest BCUT2D eigenvalue weighted by Crippen LogP contribution is 2.22. The van der Waals surface area contributed by atoms with Crippen LogP contribution in [0.4, 0.5) is 11.5 Å². The Morgan fingerprint density at radius 2 is 2.06 bits per heavy atom. The molecule has 0 fully saturated rings. The van der Waals surface area contributed by atoms with E-state index in [2.05, 4.69) is 15.3 Å². The van der Waals surface area contributed by atoms with Gasteiger partial charge in [-0.15, -0.1) is 0 Å². The molecule has 0 atom stereocenters. The van der Waals surface area contributed by atoms with Crippen molar-refractivity contribution >= 4 is 21.5 Å². The largest absolute Gasteiger partial charge is 0.360 e. The number of sulfonamides is 1. The molecule has 7 nitrogen and oxygen atoms in total. The van der Waals surface area contributed by atoms with Crippen LogP contribution >= 0.6 is 0 Å². The van der Waals surface area contributed by atoms with Crippen molar-refractivity contribution in [2.45, 2.75) is 11.8 Å². The summed E-state index contributed by atoms with van der Waals surface area (Å²) in [4.78, 5) is 0.0353. The van der Waals surface area contributed by atoms with Gasteiger partial charge in [0.2, 0.25) is 0 Å². The summed E-state index contributed by atoms with van der Waals surface area (Å²) in [5, 5.41) is 3.57. The Morgan fingerprint density at radius 3 is 2.67 bits per heavy atom. The van der Waals surface area contributed by atoms with Crippen LogP contribution in [0.5, 0.6) is 0 Å². The molecule has 0 spiro atoms. The van der Waals surface area contributed by atoms with Crippen LogP contribution in [0.3, 0.4) is 0 Å². The number of aromatic nitrogens is 1. The molecule has 0 amide bonds. The summed E-state index contributed by atoms with van der Waals surface area (Å²) in [5.41, 5.74) is 2.63. The maximum Gasteiger partial charge on any atom is 0.265 e. The zero-order valence-electron chi connectivity index (χ0n) is 9.54. The molecule has 1 heterocycles. The summed E-state index contributed by atoms with van der Waals surface area (Å²) in [6.07, 6.45) is 0. The Hall–Kier alpha value is -2.06. The lowest BCUT2D eigenvalue weighted by Gasteiger charge is -2.09. The van der Waals surface area contributed by atoms with E-state index in [4.69, 9.17) is 10.4 Å². The molecule has 0 saturated heterocycles. The van der Waals surface area contributed by atoms with Crippen LogP contribution in [-0.4, -0.2) is 13.6 Å². The second-order valence-electron chi connectivity index (χ2n) is 3.57. The van der Waals surface area contributed by atoms with Gasteiger partial charge in [-0.05, 0) is 19.1 Å². The predicted molar refractivity (Wildman–Crippen MR) is 66.3 cm³/mol. The van der Waals surface area contributed by atoms with Crippen LogP contribution in [0, 0.1) is 6.92 Å². The number of nitrogens with one attached hydrogen (secondary N) is 2. The molecule has 0 aliphatic rings. The monoisotopic (exact) mass is 268 g/mol. The van der Waals surface area contributed by atoms with Crippen molar-refractivity contribution in [3.63, 3.8) is 0 Å². The van der Waals surface area contributed by atoms with Crippen LogP contribution in [-0.2, 0) is 10.0 Å². The van der Waals surface area contributed by atoms with Gasteiger partial charge in [0.15, 0.2) is 5.82 Å². The molecule has 1 aromatic heterocycles. The Balaban J connectivity index is 2.36. The van der Waals surface area contributed by atoms with Crippen molar-refractivity contribution in [2.75, 3.05) is 10.1 Å². The number of anilines is 2. The molecule has 4 N–H and O–H groups in total. The zero-order valence-corrected chi connectivity index (χ0v) is 10.4. The Labute approximate surface area is 104 Å². The van der Waals surface area contributed by atoms with Crippen LogP contribution in [0.2, 0.25) is 0 Å². The summed E-state index contributed by atoms with van der Waals surface area (Å²) >= 11 is 0. The third-order valence-corrected chi connectivity index (χ3v) is 3.61. The van der Waals surface area contributed by atoms with Gasteiger partial charge in [-0.3, -0.25) is 10.6 Å². The standard InChI is InChI=1S/C10H12N4O3S/c1-7-6-10(13-17-7)14-18(15,16)9-5-3-2-4-8(9)12-11/h2-6,12H,11H2,1H3,(H,13,14). The van der Waals surface area contributed by atoms with Gasteiger partial charge in [-0.25, -0.2) is 8.42 Å². The van der Waals surface area contributed by atoms with Crippen molar-refractivity contribution < 1.29 is 12.9 Å². The molecule has 8 heteroatoms. The van der Waals surface area contributed by atoms with Gasteiger partial charge in [-0.1, -0.05) is 17.3 Å². The smallest absolute Gasteiger partial charge is 0.265 e. The Morgan fingerprint density at radius 1 is 1.33 bits per heavy atom. The number of aryl methyl sites for hydroxylation is 1. The molecular formula is C10H12N4O3S. The minimum atomic E-state index is -3.76.